The minimum atomic E-state index is -0.691. The van der Waals surface area contributed by atoms with Crippen molar-refractivity contribution >= 4 is 47.0 Å². The average Bonchev–Trinajstić information content (AvgIpc) is 2.75. The van der Waals surface area contributed by atoms with Crippen LogP contribution in [0.15, 0.2) is 59.8 Å². The first-order valence-corrected chi connectivity index (χ1v) is 9.96. The summed E-state index contributed by atoms with van der Waals surface area (Å²) >= 11 is 17.7. The van der Waals surface area contributed by atoms with Crippen LogP contribution in [0.1, 0.15) is 21.5 Å². The molecule has 5 nitrogen and oxygen atoms in total. The number of halogens is 4. The highest BCUT2D eigenvalue weighted by Crippen LogP contribution is 2.30. The van der Waals surface area contributed by atoms with Crippen molar-refractivity contribution in [2.45, 2.75) is 6.61 Å². The molecule has 0 aliphatic heterocycles. The van der Waals surface area contributed by atoms with Crippen molar-refractivity contribution in [3.05, 3.63) is 92.2 Å². The van der Waals surface area contributed by atoms with Gasteiger partial charge in [0.15, 0.2) is 11.5 Å². The molecule has 9 heteroatoms. The molecule has 0 spiro atoms. The molecule has 3 aromatic rings. The molecule has 160 valence electrons. The van der Waals surface area contributed by atoms with Gasteiger partial charge in [0, 0.05) is 11.1 Å². The van der Waals surface area contributed by atoms with Crippen LogP contribution < -0.4 is 9.47 Å². The second kappa shape index (κ2) is 10.5. The number of carbonyl (C=O) groups excluding carboxylic acids is 1. The van der Waals surface area contributed by atoms with Crippen LogP contribution in [0, 0.1) is 5.82 Å². The molecule has 0 saturated heterocycles. The lowest BCUT2D eigenvalue weighted by Crippen LogP contribution is -2.02. The van der Waals surface area contributed by atoms with Gasteiger partial charge in [0.1, 0.15) is 12.4 Å². The standard InChI is InChI=1S/C22H15Cl3FNO4/c1-29-21-9-13(11-27-31-22(28)14-6-7-17(24)18(25)10-14)5-8-20(21)30-12-15-16(23)3-2-4-19(15)26/h2-11H,12H2,1H3/b27-11+. The maximum Gasteiger partial charge on any atom is 0.365 e. The van der Waals surface area contributed by atoms with Gasteiger partial charge in [-0.05, 0) is 48.5 Å². The van der Waals surface area contributed by atoms with Crippen LogP contribution in [-0.4, -0.2) is 19.3 Å². The molecular formula is C22H15Cl3FNO4. The van der Waals surface area contributed by atoms with E-state index in [1.54, 1.807) is 24.3 Å². The summed E-state index contributed by atoms with van der Waals surface area (Å²) in [6, 6.07) is 13.7. The third kappa shape index (κ3) is 5.88. The van der Waals surface area contributed by atoms with Gasteiger partial charge in [0.25, 0.3) is 0 Å². The molecule has 0 aliphatic carbocycles. The summed E-state index contributed by atoms with van der Waals surface area (Å²) in [7, 11) is 1.46. The van der Waals surface area contributed by atoms with Crippen molar-refractivity contribution in [1.82, 2.24) is 0 Å². The first-order chi connectivity index (χ1) is 14.9. The summed E-state index contributed by atoms with van der Waals surface area (Å²) < 4.78 is 24.9. The Morgan fingerprint density at radius 3 is 2.52 bits per heavy atom. The predicted molar refractivity (Wildman–Crippen MR) is 118 cm³/mol. The molecule has 0 N–H and O–H groups in total. The summed E-state index contributed by atoms with van der Waals surface area (Å²) in [4.78, 5) is 16.9. The van der Waals surface area contributed by atoms with Crippen LogP contribution in [0.4, 0.5) is 4.39 Å². The molecule has 0 fully saturated rings. The van der Waals surface area contributed by atoms with Crippen molar-refractivity contribution in [3.8, 4) is 11.5 Å². The Labute approximate surface area is 192 Å². The number of benzene rings is 3. The molecule has 0 heterocycles. The van der Waals surface area contributed by atoms with Gasteiger partial charge in [0.05, 0.1) is 34.0 Å². The zero-order valence-electron chi connectivity index (χ0n) is 16.1. The number of oxime groups is 1. The number of nitrogens with zero attached hydrogens (tertiary/aromatic N) is 1. The van der Waals surface area contributed by atoms with Gasteiger partial charge in [-0.1, -0.05) is 46.0 Å². The lowest BCUT2D eigenvalue weighted by atomic mass is 10.2. The molecule has 0 aromatic heterocycles. The normalized spacial score (nSPS) is 10.9. The van der Waals surface area contributed by atoms with Gasteiger partial charge in [-0.15, -0.1) is 0 Å². The summed E-state index contributed by atoms with van der Waals surface area (Å²) in [6.07, 6.45) is 1.33. The highest BCUT2D eigenvalue weighted by molar-refractivity contribution is 6.42. The lowest BCUT2D eigenvalue weighted by Gasteiger charge is -2.12. The Balaban J connectivity index is 1.66. The molecule has 0 saturated carbocycles. The minimum Gasteiger partial charge on any atom is -0.493 e. The summed E-state index contributed by atoms with van der Waals surface area (Å²) in [5, 5.41) is 4.51. The summed E-state index contributed by atoms with van der Waals surface area (Å²) in [5.74, 6) is -0.387. The molecule has 0 aliphatic rings. The van der Waals surface area contributed by atoms with Gasteiger partial charge in [-0.3, -0.25) is 0 Å². The van der Waals surface area contributed by atoms with Crippen molar-refractivity contribution < 1.29 is 23.5 Å². The molecule has 3 aromatic carbocycles. The van der Waals surface area contributed by atoms with Gasteiger partial charge in [0.2, 0.25) is 0 Å². The fourth-order valence-electron chi connectivity index (χ4n) is 2.51. The Kier molecular flexibility index (Phi) is 7.74. The van der Waals surface area contributed by atoms with Crippen molar-refractivity contribution in [1.29, 1.82) is 0 Å². The maximum absolute atomic E-state index is 13.9. The number of methoxy groups -OCH3 is 1. The van der Waals surface area contributed by atoms with Crippen LogP contribution in [0.2, 0.25) is 15.1 Å². The summed E-state index contributed by atoms with van der Waals surface area (Å²) in [6.45, 7) is -0.0728. The van der Waals surface area contributed by atoms with E-state index >= 15 is 0 Å². The highest BCUT2D eigenvalue weighted by Gasteiger charge is 2.12. The van der Waals surface area contributed by atoms with Gasteiger partial charge in [-0.2, -0.15) is 0 Å². The molecule has 0 radical (unpaired) electrons. The van der Waals surface area contributed by atoms with Gasteiger partial charge < -0.3 is 14.3 Å². The Hall–Kier alpha value is -2.80. The Morgan fingerprint density at radius 1 is 1.00 bits per heavy atom. The van der Waals surface area contributed by atoms with Crippen LogP contribution in [0.3, 0.4) is 0 Å². The smallest absolute Gasteiger partial charge is 0.365 e. The largest absolute Gasteiger partial charge is 0.493 e. The minimum absolute atomic E-state index is 0.0728. The Bertz CT molecular complexity index is 1120. The number of rotatable bonds is 7. The molecule has 31 heavy (non-hydrogen) atoms. The van der Waals surface area contributed by atoms with E-state index in [9.17, 15) is 9.18 Å². The van der Waals surface area contributed by atoms with E-state index in [0.29, 0.717) is 22.1 Å². The zero-order valence-corrected chi connectivity index (χ0v) is 18.3. The average molecular weight is 483 g/mol. The lowest BCUT2D eigenvalue weighted by molar-refractivity contribution is 0.0519. The second-order valence-corrected chi connectivity index (χ2v) is 7.36. The molecule has 0 atom stereocenters. The molecule has 3 rings (SSSR count). The SMILES string of the molecule is COc1cc(/C=N/OC(=O)c2ccc(Cl)c(Cl)c2)ccc1OCc1c(F)cccc1Cl. The first-order valence-electron chi connectivity index (χ1n) is 8.82. The van der Waals surface area contributed by atoms with Crippen molar-refractivity contribution in [2.24, 2.45) is 5.16 Å². The monoisotopic (exact) mass is 481 g/mol. The topological polar surface area (TPSA) is 57.1 Å². The Morgan fingerprint density at radius 2 is 1.81 bits per heavy atom. The zero-order chi connectivity index (χ0) is 22.4. The molecule has 0 unspecified atom stereocenters. The number of hydrogen-bond donors (Lipinski definition) is 0. The van der Waals surface area contributed by atoms with E-state index in [2.05, 4.69) is 5.16 Å². The highest BCUT2D eigenvalue weighted by atomic mass is 35.5. The van der Waals surface area contributed by atoms with E-state index in [-0.39, 0.29) is 27.8 Å². The maximum atomic E-state index is 13.9. The fraction of sp³-hybridized carbons (Fsp3) is 0.0909. The van der Waals surface area contributed by atoms with Crippen molar-refractivity contribution in [3.63, 3.8) is 0 Å². The van der Waals surface area contributed by atoms with Gasteiger partial charge >= 0.3 is 5.97 Å². The number of ether oxygens (including phenoxy) is 2. The fourth-order valence-corrected chi connectivity index (χ4v) is 3.03. The van der Waals surface area contributed by atoms with Crippen molar-refractivity contribution in [2.75, 3.05) is 7.11 Å². The second-order valence-electron chi connectivity index (χ2n) is 6.14. The van der Waals surface area contributed by atoms with E-state index in [4.69, 9.17) is 49.1 Å². The molecule has 0 bridgehead atoms. The van der Waals surface area contributed by atoms with E-state index in [0.717, 1.165) is 0 Å². The third-order valence-corrected chi connectivity index (χ3v) is 5.21. The van der Waals surface area contributed by atoms with Crippen LogP contribution in [0.5, 0.6) is 11.5 Å². The summed E-state index contributed by atoms with van der Waals surface area (Å²) in [5.41, 5.74) is 1.03. The quantitative estimate of drug-likeness (QED) is 0.217. The number of hydrogen-bond acceptors (Lipinski definition) is 5. The van der Waals surface area contributed by atoms with Crippen LogP contribution >= 0.6 is 34.8 Å². The molecular weight excluding hydrogens is 468 g/mol. The predicted octanol–water partition coefficient (Wildman–Crippen LogP) is 6.56. The van der Waals surface area contributed by atoms with Crippen LogP contribution in [0.25, 0.3) is 0 Å². The van der Waals surface area contributed by atoms with E-state index < -0.39 is 11.8 Å². The first kappa shape index (κ1) is 22.9. The van der Waals surface area contributed by atoms with E-state index in [1.165, 1.54) is 43.7 Å². The number of carbonyl (C=O) groups is 1. The van der Waals surface area contributed by atoms with E-state index in [1.807, 2.05) is 0 Å². The molecule has 0 amide bonds. The van der Waals surface area contributed by atoms with Gasteiger partial charge in [-0.25, -0.2) is 9.18 Å². The van der Waals surface area contributed by atoms with Crippen LogP contribution in [-0.2, 0) is 11.4 Å². The third-order valence-electron chi connectivity index (χ3n) is 4.11.